The van der Waals surface area contributed by atoms with Crippen LogP contribution < -0.4 is 5.32 Å². The molecule has 5 nitrogen and oxygen atoms in total. The summed E-state index contributed by atoms with van der Waals surface area (Å²) in [6.45, 7) is 7.68. The number of nitrogens with one attached hydrogen (secondary N) is 1. The van der Waals surface area contributed by atoms with Crippen molar-refractivity contribution >= 4 is 5.82 Å². The highest BCUT2D eigenvalue weighted by Crippen LogP contribution is 2.11. The molecule has 0 aromatic carbocycles. The van der Waals surface area contributed by atoms with Gasteiger partial charge in [-0.25, -0.2) is 4.98 Å². The molecule has 19 heavy (non-hydrogen) atoms. The Morgan fingerprint density at radius 2 is 2.16 bits per heavy atom. The maximum Gasteiger partial charge on any atom is 0.127 e. The van der Waals surface area contributed by atoms with Crippen molar-refractivity contribution < 1.29 is 0 Å². The number of nitriles is 1. The molecular formula is C14H17N5. The lowest BCUT2D eigenvalue weighted by Crippen LogP contribution is -2.13. The molecule has 0 bridgehead atoms. The van der Waals surface area contributed by atoms with E-state index in [1.165, 1.54) is 11.3 Å². The molecule has 0 spiro atoms. The van der Waals surface area contributed by atoms with Gasteiger partial charge >= 0.3 is 0 Å². The summed E-state index contributed by atoms with van der Waals surface area (Å²) in [5, 5.41) is 16.5. The summed E-state index contributed by atoms with van der Waals surface area (Å²) >= 11 is 0. The van der Waals surface area contributed by atoms with Crippen molar-refractivity contribution in [2.24, 2.45) is 0 Å². The summed E-state index contributed by atoms with van der Waals surface area (Å²) < 4.78 is 1.99. The van der Waals surface area contributed by atoms with Crippen LogP contribution in [0.4, 0.5) is 5.82 Å². The maximum absolute atomic E-state index is 8.82. The van der Waals surface area contributed by atoms with Crippen molar-refractivity contribution in [2.45, 2.75) is 27.3 Å². The standard InChI is InChI=1S/C14H17N5/c1-10-11(2)18-19(12(10)3)7-6-17-14-8-13(9-15)4-5-16-14/h4-5,8H,6-7H2,1-3H3,(H,16,17). The molecule has 0 aliphatic heterocycles. The number of aryl methyl sites for hydroxylation is 1. The van der Waals surface area contributed by atoms with Crippen LogP contribution in [-0.4, -0.2) is 21.3 Å². The Bertz CT molecular complexity index is 621. The van der Waals surface area contributed by atoms with E-state index in [1.54, 1.807) is 18.3 Å². The van der Waals surface area contributed by atoms with Crippen LogP contribution in [-0.2, 0) is 6.54 Å². The first-order valence-electron chi connectivity index (χ1n) is 6.22. The number of hydrogen-bond acceptors (Lipinski definition) is 4. The van der Waals surface area contributed by atoms with Crippen molar-refractivity contribution in [1.29, 1.82) is 5.26 Å². The Morgan fingerprint density at radius 1 is 1.37 bits per heavy atom. The van der Waals surface area contributed by atoms with Crippen LogP contribution in [0.3, 0.4) is 0 Å². The predicted molar refractivity (Wildman–Crippen MR) is 73.9 cm³/mol. The van der Waals surface area contributed by atoms with Crippen molar-refractivity contribution in [2.75, 3.05) is 11.9 Å². The molecule has 98 valence electrons. The van der Waals surface area contributed by atoms with Crippen LogP contribution in [0, 0.1) is 32.1 Å². The smallest absolute Gasteiger partial charge is 0.127 e. The molecule has 2 aromatic heterocycles. The molecule has 2 aromatic rings. The molecule has 0 fully saturated rings. The van der Waals surface area contributed by atoms with Gasteiger partial charge in [-0.2, -0.15) is 10.4 Å². The number of nitrogens with zero attached hydrogens (tertiary/aromatic N) is 4. The molecule has 0 saturated heterocycles. The predicted octanol–water partition coefficient (Wildman–Crippen LogP) is 2.19. The second kappa shape index (κ2) is 5.53. The van der Waals surface area contributed by atoms with Gasteiger partial charge in [-0.05, 0) is 38.5 Å². The lowest BCUT2D eigenvalue weighted by Gasteiger charge is -2.07. The van der Waals surface area contributed by atoms with E-state index < -0.39 is 0 Å². The number of anilines is 1. The molecule has 0 aliphatic carbocycles. The first-order valence-corrected chi connectivity index (χ1v) is 6.22. The highest BCUT2D eigenvalue weighted by molar-refractivity contribution is 5.42. The molecule has 5 heteroatoms. The molecule has 2 heterocycles. The summed E-state index contributed by atoms with van der Waals surface area (Å²) in [5.74, 6) is 0.720. The molecule has 2 rings (SSSR count). The Kier molecular flexibility index (Phi) is 3.81. The Labute approximate surface area is 112 Å². The van der Waals surface area contributed by atoms with Crippen LogP contribution >= 0.6 is 0 Å². The minimum atomic E-state index is 0.611. The molecule has 0 radical (unpaired) electrons. The SMILES string of the molecule is Cc1nn(CCNc2cc(C#N)ccn2)c(C)c1C. The number of aromatic nitrogens is 3. The molecule has 0 atom stereocenters. The fraction of sp³-hybridized carbons (Fsp3) is 0.357. The third-order valence-corrected chi connectivity index (χ3v) is 3.26. The fourth-order valence-corrected chi connectivity index (χ4v) is 1.89. The lowest BCUT2D eigenvalue weighted by atomic mass is 10.2. The van der Waals surface area contributed by atoms with Crippen LogP contribution in [0.25, 0.3) is 0 Å². The molecule has 0 saturated carbocycles. The van der Waals surface area contributed by atoms with Gasteiger partial charge in [-0.15, -0.1) is 0 Å². The fourth-order valence-electron chi connectivity index (χ4n) is 1.89. The summed E-state index contributed by atoms with van der Waals surface area (Å²) in [5.41, 5.74) is 4.11. The van der Waals surface area contributed by atoms with E-state index in [1.807, 2.05) is 11.6 Å². The monoisotopic (exact) mass is 255 g/mol. The first kappa shape index (κ1) is 13.1. The number of pyridine rings is 1. The van der Waals surface area contributed by atoms with Gasteiger partial charge in [0.2, 0.25) is 0 Å². The molecular weight excluding hydrogens is 238 g/mol. The van der Waals surface area contributed by atoms with E-state index in [2.05, 4.69) is 35.3 Å². The number of hydrogen-bond donors (Lipinski definition) is 1. The van der Waals surface area contributed by atoms with Crippen molar-refractivity contribution in [3.63, 3.8) is 0 Å². The van der Waals surface area contributed by atoms with Crippen molar-refractivity contribution in [3.8, 4) is 6.07 Å². The average Bonchev–Trinajstić information content (AvgIpc) is 2.67. The Morgan fingerprint density at radius 3 is 2.79 bits per heavy atom. The Balaban J connectivity index is 1.96. The third kappa shape index (κ3) is 2.91. The van der Waals surface area contributed by atoms with E-state index in [4.69, 9.17) is 5.26 Å². The van der Waals surface area contributed by atoms with Gasteiger partial charge in [0.25, 0.3) is 0 Å². The minimum Gasteiger partial charge on any atom is -0.368 e. The van der Waals surface area contributed by atoms with E-state index in [9.17, 15) is 0 Å². The summed E-state index contributed by atoms with van der Waals surface area (Å²) in [6, 6.07) is 5.53. The first-order chi connectivity index (χ1) is 9.11. The molecule has 0 unspecified atom stereocenters. The largest absolute Gasteiger partial charge is 0.368 e. The summed E-state index contributed by atoms with van der Waals surface area (Å²) in [4.78, 5) is 4.17. The van der Waals surface area contributed by atoms with E-state index in [0.29, 0.717) is 5.56 Å². The summed E-state index contributed by atoms with van der Waals surface area (Å²) in [6.07, 6.45) is 1.63. The zero-order valence-electron chi connectivity index (χ0n) is 11.4. The summed E-state index contributed by atoms with van der Waals surface area (Å²) in [7, 11) is 0. The third-order valence-electron chi connectivity index (χ3n) is 3.26. The zero-order valence-corrected chi connectivity index (χ0v) is 11.4. The van der Waals surface area contributed by atoms with Crippen LogP contribution in [0.15, 0.2) is 18.3 Å². The van der Waals surface area contributed by atoms with Crippen molar-refractivity contribution in [1.82, 2.24) is 14.8 Å². The van der Waals surface area contributed by atoms with Gasteiger partial charge < -0.3 is 5.32 Å². The van der Waals surface area contributed by atoms with Gasteiger partial charge in [-0.1, -0.05) is 0 Å². The molecule has 1 N–H and O–H groups in total. The topological polar surface area (TPSA) is 66.5 Å². The van der Waals surface area contributed by atoms with Crippen LogP contribution in [0.5, 0.6) is 0 Å². The second-order valence-corrected chi connectivity index (χ2v) is 4.49. The van der Waals surface area contributed by atoms with Gasteiger partial charge in [-0.3, -0.25) is 4.68 Å². The lowest BCUT2D eigenvalue weighted by molar-refractivity contribution is 0.614. The molecule has 0 aliphatic rings. The minimum absolute atomic E-state index is 0.611. The highest BCUT2D eigenvalue weighted by Gasteiger charge is 2.06. The van der Waals surface area contributed by atoms with Crippen molar-refractivity contribution in [3.05, 3.63) is 40.8 Å². The number of rotatable bonds is 4. The van der Waals surface area contributed by atoms with Gasteiger partial charge in [0.05, 0.1) is 23.9 Å². The van der Waals surface area contributed by atoms with Gasteiger partial charge in [0.1, 0.15) is 5.82 Å². The zero-order chi connectivity index (χ0) is 13.8. The van der Waals surface area contributed by atoms with Gasteiger partial charge in [0.15, 0.2) is 0 Å². The normalized spacial score (nSPS) is 10.2. The van der Waals surface area contributed by atoms with E-state index >= 15 is 0 Å². The van der Waals surface area contributed by atoms with Gasteiger partial charge in [0, 0.05) is 18.4 Å². The highest BCUT2D eigenvalue weighted by atomic mass is 15.3. The van der Waals surface area contributed by atoms with E-state index in [0.717, 1.165) is 24.6 Å². The average molecular weight is 255 g/mol. The second-order valence-electron chi connectivity index (χ2n) is 4.49. The quantitative estimate of drug-likeness (QED) is 0.909. The maximum atomic E-state index is 8.82. The van der Waals surface area contributed by atoms with Crippen LogP contribution in [0.1, 0.15) is 22.5 Å². The van der Waals surface area contributed by atoms with E-state index in [-0.39, 0.29) is 0 Å². The Hall–Kier alpha value is -2.35. The van der Waals surface area contributed by atoms with Crippen LogP contribution in [0.2, 0.25) is 0 Å². The molecule has 0 amide bonds.